The first kappa shape index (κ1) is 19.3. The van der Waals surface area contributed by atoms with Crippen LogP contribution in [0, 0.1) is 0 Å². The average Bonchev–Trinajstić information content (AvgIpc) is 2.55. The van der Waals surface area contributed by atoms with Crippen LogP contribution >= 0.6 is 11.8 Å². The van der Waals surface area contributed by atoms with Crippen LogP contribution in [0.1, 0.15) is 0 Å². The molecule has 0 radical (unpaired) electrons. The van der Waals surface area contributed by atoms with Crippen molar-refractivity contribution in [3.8, 4) is 0 Å². The second-order valence-electron chi connectivity index (χ2n) is 5.53. The first-order chi connectivity index (χ1) is 10.8. The van der Waals surface area contributed by atoms with E-state index in [2.05, 4.69) is 0 Å². The van der Waals surface area contributed by atoms with Crippen LogP contribution < -0.4 is 0 Å². The molecule has 10 unspecified atom stereocenters. The first-order valence-corrected chi connectivity index (χ1v) is 8.02. The number of hydrogen-bond donors (Lipinski definition) is 8. The summed E-state index contributed by atoms with van der Waals surface area (Å²) >= 11 is 0.761. The Morgan fingerprint density at radius 3 is 1.83 bits per heavy atom. The van der Waals surface area contributed by atoms with Crippen LogP contribution in [0.3, 0.4) is 0 Å². The molecule has 0 saturated carbocycles. The number of hydrogen-bond acceptors (Lipinski definition) is 11. The third-order valence-corrected chi connectivity index (χ3v) is 5.53. The number of aliphatic hydroxyl groups is 8. The molecule has 2 aliphatic heterocycles. The van der Waals surface area contributed by atoms with E-state index in [0.29, 0.717) is 0 Å². The fraction of sp³-hybridized carbons (Fsp3) is 1.00. The molecule has 10 nitrogen and oxygen atoms in total. The summed E-state index contributed by atoms with van der Waals surface area (Å²) < 4.78 is 10.3. The Morgan fingerprint density at radius 2 is 1.26 bits per heavy atom. The molecule has 0 aromatic carbocycles. The molecule has 23 heavy (non-hydrogen) atoms. The van der Waals surface area contributed by atoms with E-state index in [1.807, 2.05) is 0 Å². The Balaban J connectivity index is 2.11. The second-order valence-corrected chi connectivity index (χ2v) is 6.81. The first-order valence-electron chi connectivity index (χ1n) is 7.08. The largest absolute Gasteiger partial charge is 0.394 e. The third-order valence-electron chi connectivity index (χ3n) is 3.98. The summed E-state index contributed by atoms with van der Waals surface area (Å²) in [6.45, 7) is -1.17. The van der Waals surface area contributed by atoms with Crippen LogP contribution in [0.25, 0.3) is 0 Å². The van der Waals surface area contributed by atoms with Gasteiger partial charge in [-0.15, -0.1) is 11.8 Å². The van der Waals surface area contributed by atoms with E-state index >= 15 is 0 Å². The van der Waals surface area contributed by atoms with E-state index in [-0.39, 0.29) is 0 Å². The standard InChI is InChI=1S/C12H22O10S/c13-1-3-5(15)6(16)9(19)12(22-3)23-10-4(2-14)21-11(20)8(18)7(10)17/h3-20H,1-2H2. The van der Waals surface area contributed by atoms with Crippen molar-refractivity contribution in [2.75, 3.05) is 13.2 Å². The predicted molar refractivity (Wildman–Crippen MR) is 75.1 cm³/mol. The number of aliphatic hydroxyl groups excluding tert-OH is 8. The Morgan fingerprint density at radius 1 is 0.652 bits per heavy atom. The molecule has 2 aliphatic rings. The molecule has 0 aromatic rings. The topological polar surface area (TPSA) is 180 Å². The summed E-state index contributed by atoms with van der Waals surface area (Å²) in [7, 11) is 0. The summed E-state index contributed by atoms with van der Waals surface area (Å²) in [5.41, 5.74) is -1.16. The van der Waals surface area contributed by atoms with Gasteiger partial charge >= 0.3 is 0 Å². The van der Waals surface area contributed by atoms with Crippen molar-refractivity contribution in [2.24, 2.45) is 0 Å². The zero-order valence-corrected chi connectivity index (χ0v) is 12.8. The smallest absolute Gasteiger partial charge is 0.183 e. The van der Waals surface area contributed by atoms with Crippen molar-refractivity contribution in [3.63, 3.8) is 0 Å². The van der Waals surface area contributed by atoms with Crippen LogP contribution in [0.4, 0.5) is 0 Å². The lowest BCUT2D eigenvalue weighted by molar-refractivity contribution is -0.249. The highest BCUT2D eigenvalue weighted by molar-refractivity contribution is 8.00. The maximum absolute atomic E-state index is 10.0. The normalized spacial score (nSPS) is 51.7. The molecule has 0 spiro atoms. The van der Waals surface area contributed by atoms with E-state index in [9.17, 15) is 35.7 Å². The van der Waals surface area contributed by atoms with Gasteiger partial charge in [0, 0.05) is 0 Å². The highest BCUT2D eigenvalue weighted by atomic mass is 32.2. The monoisotopic (exact) mass is 358 g/mol. The molecule has 10 atom stereocenters. The molecule has 0 aliphatic carbocycles. The molecule has 2 heterocycles. The summed E-state index contributed by atoms with van der Waals surface area (Å²) in [5, 5.41) is 76.0. The van der Waals surface area contributed by atoms with Crippen LogP contribution in [0.15, 0.2) is 0 Å². The van der Waals surface area contributed by atoms with E-state index in [1.165, 1.54) is 0 Å². The zero-order chi connectivity index (χ0) is 17.3. The van der Waals surface area contributed by atoms with E-state index in [4.69, 9.17) is 14.6 Å². The summed E-state index contributed by atoms with van der Waals surface area (Å²) in [6, 6.07) is 0. The van der Waals surface area contributed by atoms with Gasteiger partial charge in [0.1, 0.15) is 36.0 Å². The fourth-order valence-corrected chi connectivity index (χ4v) is 4.06. The van der Waals surface area contributed by atoms with Crippen molar-refractivity contribution >= 4 is 11.8 Å². The fourth-order valence-electron chi connectivity index (χ4n) is 2.57. The molecule has 2 fully saturated rings. The summed E-state index contributed by atoms with van der Waals surface area (Å²) in [5.74, 6) is 0. The SMILES string of the molecule is OCC1OC(SC2C(CO)OC(O)C(O)C2O)C(O)C(O)C1O. The maximum atomic E-state index is 10.0. The van der Waals surface area contributed by atoms with Crippen LogP contribution in [0.5, 0.6) is 0 Å². The van der Waals surface area contributed by atoms with Crippen molar-refractivity contribution in [3.05, 3.63) is 0 Å². The zero-order valence-electron chi connectivity index (χ0n) is 12.0. The quantitative estimate of drug-likeness (QED) is 0.242. The van der Waals surface area contributed by atoms with Crippen molar-refractivity contribution < 1.29 is 50.3 Å². The van der Waals surface area contributed by atoms with Gasteiger partial charge in [0.15, 0.2) is 6.29 Å². The van der Waals surface area contributed by atoms with Gasteiger partial charge in [-0.1, -0.05) is 0 Å². The minimum Gasteiger partial charge on any atom is -0.394 e. The van der Waals surface area contributed by atoms with Gasteiger partial charge in [-0.05, 0) is 0 Å². The molecule has 2 saturated heterocycles. The minimum atomic E-state index is -1.67. The second kappa shape index (κ2) is 7.89. The molecular weight excluding hydrogens is 336 g/mol. The van der Waals surface area contributed by atoms with Crippen molar-refractivity contribution in [1.82, 2.24) is 0 Å². The third kappa shape index (κ3) is 3.80. The molecule has 0 amide bonds. The summed E-state index contributed by atoms with van der Waals surface area (Å²) in [6.07, 6.45) is -11.6. The molecule has 0 aromatic heterocycles. The molecule has 136 valence electrons. The van der Waals surface area contributed by atoms with Crippen LogP contribution in [-0.4, -0.2) is 114 Å². The predicted octanol–water partition coefficient (Wildman–Crippen LogP) is -4.68. The Labute approximate surface area is 135 Å². The molecule has 8 N–H and O–H groups in total. The lowest BCUT2D eigenvalue weighted by Gasteiger charge is -2.44. The maximum Gasteiger partial charge on any atom is 0.183 e. The molecule has 2 rings (SSSR count). The van der Waals surface area contributed by atoms with Gasteiger partial charge in [-0.3, -0.25) is 0 Å². The van der Waals surface area contributed by atoms with Crippen LogP contribution in [-0.2, 0) is 9.47 Å². The lowest BCUT2D eigenvalue weighted by atomic mass is 10.0. The molecule has 11 heteroatoms. The number of rotatable bonds is 4. The van der Waals surface area contributed by atoms with Gasteiger partial charge in [0.05, 0.1) is 30.7 Å². The van der Waals surface area contributed by atoms with E-state index in [0.717, 1.165) is 11.8 Å². The van der Waals surface area contributed by atoms with Gasteiger partial charge in [-0.2, -0.15) is 0 Å². The highest BCUT2D eigenvalue weighted by Crippen LogP contribution is 2.37. The Kier molecular flexibility index (Phi) is 6.61. The van der Waals surface area contributed by atoms with Gasteiger partial charge in [0.2, 0.25) is 0 Å². The molecule has 0 bridgehead atoms. The highest BCUT2D eigenvalue weighted by Gasteiger charge is 2.49. The summed E-state index contributed by atoms with van der Waals surface area (Å²) in [4.78, 5) is 0. The van der Waals surface area contributed by atoms with Gasteiger partial charge < -0.3 is 50.3 Å². The number of ether oxygens (including phenoxy) is 2. The van der Waals surface area contributed by atoms with Crippen LogP contribution in [0.2, 0.25) is 0 Å². The number of thioether (sulfide) groups is 1. The average molecular weight is 358 g/mol. The van der Waals surface area contributed by atoms with Gasteiger partial charge in [-0.25, -0.2) is 0 Å². The van der Waals surface area contributed by atoms with Crippen molar-refractivity contribution in [2.45, 2.75) is 59.7 Å². The van der Waals surface area contributed by atoms with E-state index < -0.39 is 72.9 Å². The minimum absolute atomic E-state index is 0.573. The Hall–Kier alpha value is -0.0500. The van der Waals surface area contributed by atoms with E-state index in [1.54, 1.807) is 0 Å². The molecular formula is C12H22O10S. The Bertz CT molecular complexity index is 383. The van der Waals surface area contributed by atoms with Crippen molar-refractivity contribution in [1.29, 1.82) is 0 Å². The lowest BCUT2D eigenvalue weighted by Crippen LogP contribution is -2.61. The van der Waals surface area contributed by atoms with Gasteiger partial charge in [0.25, 0.3) is 0 Å².